The van der Waals surface area contributed by atoms with Gasteiger partial charge in [0.15, 0.2) is 0 Å². The molecule has 0 unspecified atom stereocenters. The van der Waals surface area contributed by atoms with Crippen LogP contribution in [0, 0.1) is 6.92 Å². The molecule has 0 fully saturated rings. The molecule has 1 aromatic carbocycles. The number of thiophene rings is 1. The van der Waals surface area contributed by atoms with E-state index in [-0.39, 0.29) is 4.21 Å². The van der Waals surface area contributed by atoms with E-state index in [4.69, 9.17) is 4.74 Å². The van der Waals surface area contributed by atoms with E-state index in [9.17, 15) is 13.2 Å². The van der Waals surface area contributed by atoms with E-state index in [0.29, 0.717) is 5.75 Å². The zero-order valence-electron chi connectivity index (χ0n) is 12.5. The lowest BCUT2D eigenvalue weighted by atomic mass is 10.0. The summed E-state index contributed by atoms with van der Waals surface area (Å²) in [7, 11) is -2.25. The summed E-state index contributed by atoms with van der Waals surface area (Å²) >= 11 is 1.13. The average molecular weight is 339 g/mol. The fraction of sp³-hybridized carbons (Fsp3) is 0.267. The van der Waals surface area contributed by atoms with Crippen molar-refractivity contribution in [2.75, 3.05) is 7.11 Å². The van der Waals surface area contributed by atoms with Gasteiger partial charge in [-0.25, -0.2) is 13.1 Å². The van der Waals surface area contributed by atoms with Crippen LogP contribution in [0.2, 0.25) is 0 Å². The van der Waals surface area contributed by atoms with Gasteiger partial charge in [0.25, 0.3) is 10.0 Å². The molecule has 0 saturated heterocycles. The third kappa shape index (κ3) is 3.66. The highest BCUT2D eigenvalue weighted by Gasteiger charge is 2.23. The van der Waals surface area contributed by atoms with Crippen LogP contribution in [0.15, 0.2) is 40.6 Å². The number of aryl methyl sites for hydroxylation is 1. The second-order valence-corrected chi connectivity index (χ2v) is 8.03. The SMILES string of the molecule is COc1ccc([C@@H](C)C(=O)NS(=O)(=O)c2ccc(C)s2)cc1. The predicted molar refractivity (Wildman–Crippen MR) is 85.8 cm³/mol. The van der Waals surface area contributed by atoms with Crippen LogP contribution in [0.1, 0.15) is 23.3 Å². The smallest absolute Gasteiger partial charge is 0.273 e. The number of carbonyl (C=O) groups excluding carboxylic acids is 1. The molecule has 118 valence electrons. The monoisotopic (exact) mass is 339 g/mol. The van der Waals surface area contributed by atoms with Gasteiger partial charge in [0, 0.05) is 4.88 Å². The van der Waals surface area contributed by atoms with Crippen molar-refractivity contribution in [3.05, 3.63) is 46.8 Å². The number of sulfonamides is 1. The third-order valence-electron chi connectivity index (χ3n) is 3.22. The highest BCUT2D eigenvalue weighted by atomic mass is 32.2. The van der Waals surface area contributed by atoms with Gasteiger partial charge in [-0.05, 0) is 43.7 Å². The first-order valence-electron chi connectivity index (χ1n) is 6.60. The molecule has 0 aliphatic carbocycles. The van der Waals surface area contributed by atoms with Crippen molar-refractivity contribution in [2.45, 2.75) is 24.0 Å². The Hall–Kier alpha value is -1.86. The van der Waals surface area contributed by atoms with Crippen LogP contribution < -0.4 is 9.46 Å². The normalized spacial score (nSPS) is 12.7. The third-order valence-corrected chi connectivity index (χ3v) is 6.06. The summed E-state index contributed by atoms with van der Waals surface area (Å²) in [5.74, 6) is -0.462. The Morgan fingerprint density at radius 3 is 2.32 bits per heavy atom. The molecular weight excluding hydrogens is 322 g/mol. The largest absolute Gasteiger partial charge is 0.497 e. The van der Waals surface area contributed by atoms with Crippen LogP contribution in [-0.4, -0.2) is 21.4 Å². The van der Waals surface area contributed by atoms with Crippen molar-refractivity contribution in [1.82, 2.24) is 4.72 Å². The maximum atomic E-state index is 12.2. The Morgan fingerprint density at radius 1 is 1.18 bits per heavy atom. The molecule has 0 aliphatic rings. The molecule has 2 rings (SSSR count). The summed E-state index contributed by atoms with van der Waals surface area (Å²) in [5, 5.41) is 0. The van der Waals surface area contributed by atoms with Gasteiger partial charge in [-0.2, -0.15) is 0 Å². The minimum absolute atomic E-state index is 0.139. The summed E-state index contributed by atoms with van der Waals surface area (Å²) < 4.78 is 31.6. The molecule has 22 heavy (non-hydrogen) atoms. The van der Waals surface area contributed by atoms with E-state index in [2.05, 4.69) is 4.72 Å². The van der Waals surface area contributed by atoms with Gasteiger partial charge in [-0.3, -0.25) is 4.79 Å². The molecule has 1 N–H and O–H groups in total. The number of carbonyl (C=O) groups is 1. The topological polar surface area (TPSA) is 72.5 Å². The van der Waals surface area contributed by atoms with Crippen LogP contribution in [0.4, 0.5) is 0 Å². The van der Waals surface area contributed by atoms with Crippen LogP contribution in [-0.2, 0) is 14.8 Å². The van der Waals surface area contributed by atoms with Gasteiger partial charge in [-0.1, -0.05) is 12.1 Å². The van der Waals surface area contributed by atoms with E-state index in [0.717, 1.165) is 21.8 Å². The molecule has 0 radical (unpaired) electrons. The summed E-state index contributed by atoms with van der Waals surface area (Å²) in [6.07, 6.45) is 0. The molecule has 2 aromatic rings. The fourth-order valence-electron chi connectivity index (χ4n) is 1.87. The quantitative estimate of drug-likeness (QED) is 0.909. The molecule has 7 heteroatoms. The highest BCUT2D eigenvalue weighted by molar-refractivity contribution is 7.92. The standard InChI is InChI=1S/C15H17NO4S2/c1-10-4-9-14(21-10)22(18,19)16-15(17)11(2)12-5-7-13(20-3)8-6-12/h4-9,11H,1-3H3,(H,16,17)/t11-/m1/s1. The lowest BCUT2D eigenvalue weighted by Crippen LogP contribution is -2.33. The fourth-order valence-corrected chi connectivity index (χ4v) is 4.21. The Balaban J connectivity index is 2.13. The Morgan fingerprint density at radius 2 is 1.82 bits per heavy atom. The van der Waals surface area contributed by atoms with Crippen molar-refractivity contribution >= 4 is 27.3 Å². The molecule has 1 atom stereocenters. The number of ether oxygens (including phenoxy) is 1. The number of hydrogen-bond acceptors (Lipinski definition) is 5. The number of rotatable bonds is 5. The molecule has 1 heterocycles. The minimum atomic E-state index is -3.81. The molecule has 1 amide bonds. The molecule has 0 spiro atoms. The van der Waals surface area contributed by atoms with Crippen molar-refractivity contribution in [2.24, 2.45) is 0 Å². The second kappa shape index (κ2) is 6.50. The van der Waals surface area contributed by atoms with E-state index >= 15 is 0 Å². The number of hydrogen-bond donors (Lipinski definition) is 1. The van der Waals surface area contributed by atoms with E-state index in [1.165, 1.54) is 6.07 Å². The van der Waals surface area contributed by atoms with Crippen LogP contribution >= 0.6 is 11.3 Å². The second-order valence-electron chi connectivity index (χ2n) is 4.83. The van der Waals surface area contributed by atoms with Crippen LogP contribution in [0.3, 0.4) is 0 Å². The summed E-state index contributed by atoms with van der Waals surface area (Å²) in [5.41, 5.74) is 0.718. The average Bonchev–Trinajstić information content (AvgIpc) is 2.93. The first kappa shape index (κ1) is 16.5. The first-order valence-corrected chi connectivity index (χ1v) is 8.90. The maximum absolute atomic E-state index is 12.2. The Labute approximate surface area is 134 Å². The van der Waals surface area contributed by atoms with Crippen molar-refractivity contribution in [3.8, 4) is 5.75 Å². The van der Waals surface area contributed by atoms with Crippen molar-refractivity contribution in [1.29, 1.82) is 0 Å². The zero-order valence-corrected chi connectivity index (χ0v) is 14.1. The maximum Gasteiger partial charge on any atom is 0.273 e. The minimum Gasteiger partial charge on any atom is -0.497 e. The molecule has 5 nitrogen and oxygen atoms in total. The number of nitrogens with one attached hydrogen (secondary N) is 1. The summed E-state index contributed by atoms with van der Waals surface area (Å²) in [6, 6.07) is 10.1. The number of amides is 1. The Bertz CT molecular complexity index is 763. The summed E-state index contributed by atoms with van der Waals surface area (Å²) in [6.45, 7) is 3.47. The van der Waals surface area contributed by atoms with Crippen LogP contribution in [0.25, 0.3) is 0 Å². The highest BCUT2D eigenvalue weighted by Crippen LogP contribution is 2.23. The van der Waals surface area contributed by atoms with Gasteiger partial charge in [-0.15, -0.1) is 11.3 Å². The van der Waals surface area contributed by atoms with E-state index in [1.54, 1.807) is 44.4 Å². The summed E-state index contributed by atoms with van der Waals surface area (Å²) in [4.78, 5) is 13.0. The van der Waals surface area contributed by atoms with E-state index in [1.807, 2.05) is 6.92 Å². The molecule has 1 aromatic heterocycles. The molecule has 0 bridgehead atoms. The lowest BCUT2D eigenvalue weighted by molar-refractivity contribution is -0.120. The van der Waals surface area contributed by atoms with Crippen molar-refractivity contribution in [3.63, 3.8) is 0 Å². The predicted octanol–water partition coefficient (Wildman–Crippen LogP) is 2.67. The Kier molecular flexibility index (Phi) is 4.87. The zero-order chi connectivity index (χ0) is 16.3. The molecule has 0 saturated carbocycles. The van der Waals surface area contributed by atoms with Gasteiger partial charge < -0.3 is 4.74 Å². The lowest BCUT2D eigenvalue weighted by Gasteiger charge is -2.12. The van der Waals surface area contributed by atoms with Crippen LogP contribution in [0.5, 0.6) is 5.75 Å². The molecule has 0 aliphatic heterocycles. The van der Waals surface area contributed by atoms with Gasteiger partial charge in [0.2, 0.25) is 5.91 Å². The number of benzene rings is 1. The first-order chi connectivity index (χ1) is 10.3. The van der Waals surface area contributed by atoms with Gasteiger partial charge >= 0.3 is 0 Å². The van der Waals surface area contributed by atoms with E-state index < -0.39 is 21.8 Å². The van der Waals surface area contributed by atoms with Gasteiger partial charge in [0.05, 0.1) is 13.0 Å². The van der Waals surface area contributed by atoms with Gasteiger partial charge in [0.1, 0.15) is 9.96 Å². The molecular formula is C15H17NO4S2. The number of methoxy groups -OCH3 is 1. The van der Waals surface area contributed by atoms with Crippen molar-refractivity contribution < 1.29 is 17.9 Å².